The van der Waals surface area contributed by atoms with Crippen LogP contribution in [0.4, 0.5) is 0 Å². The number of aryl methyl sites for hydroxylation is 1. The Hall–Kier alpha value is -2.40. The van der Waals surface area contributed by atoms with Gasteiger partial charge in [0.2, 0.25) is 0 Å². The summed E-state index contributed by atoms with van der Waals surface area (Å²) in [6.45, 7) is 3.16. The van der Waals surface area contributed by atoms with Crippen LogP contribution in [0.2, 0.25) is 0 Å². The number of hydrogen-bond acceptors (Lipinski definition) is 4. The summed E-state index contributed by atoms with van der Waals surface area (Å²) in [5.41, 5.74) is 2.81. The summed E-state index contributed by atoms with van der Waals surface area (Å²) in [4.78, 5) is 16.7. The van der Waals surface area contributed by atoms with Crippen molar-refractivity contribution in [2.75, 3.05) is 20.3 Å². The SMILES string of the molecule is COc1cc(C)ccc1C(=O)N[C@H]1COC[C@H]1Cc1ccncc1. The molecule has 5 heteroatoms. The average Bonchev–Trinajstić information content (AvgIpc) is 3.02. The fourth-order valence-corrected chi connectivity index (χ4v) is 3.01. The molecule has 1 amide bonds. The van der Waals surface area contributed by atoms with E-state index >= 15 is 0 Å². The molecule has 2 atom stereocenters. The number of nitrogens with one attached hydrogen (secondary N) is 1. The van der Waals surface area contributed by atoms with E-state index in [1.807, 2.05) is 31.2 Å². The van der Waals surface area contributed by atoms with E-state index in [1.165, 1.54) is 5.56 Å². The molecule has 1 fully saturated rings. The number of carbonyl (C=O) groups excluding carboxylic acids is 1. The van der Waals surface area contributed by atoms with Crippen LogP contribution in [0.1, 0.15) is 21.5 Å². The lowest BCUT2D eigenvalue weighted by atomic mass is 9.95. The van der Waals surface area contributed by atoms with Gasteiger partial charge in [0.05, 0.1) is 31.9 Å². The van der Waals surface area contributed by atoms with Crippen molar-refractivity contribution in [3.63, 3.8) is 0 Å². The van der Waals surface area contributed by atoms with Crippen LogP contribution >= 0.6 is 0 Å². The van der Waals surface area contributed by atoms with Gasteiger partial charge in [0.15, 0.2) is 0 Å². The highest BCUT2D eigenvalue weighted by molar-refractivity contribution is 5.97. The Kier molecular flexibility index (Phi) is 5.11. The second-order valence-corrected chi connectivity index (χ2v) is 6.14. The second kappa shape index (κ2) is 7.45. The molecule has 1 aliphatic heterocycles. The normalized spacial score (nSPS) is 19.9. The van der Waals surface area contributed by atoms with E-state index in [0.717, 1.165) is 12.0 Å². The highest BCUT2D eigenvalue weighted by Crippen LogP contribution is 2.23. The number of amides is 1. The Balaban J connectivity index is 1.69. The topological polar surface area (TPSA) is 60.5 Å². The number of nitrogens with zero attached hydrogens (tertiary/aromatic N) is 1. The molecule has 0 saturated carbocycles. The summed E-state index contributed by atoms with van der Waals surface area (Å²) in [5.74, 6) is 0.729. The fourth-order valence-electron chi connectivity index (χ4n) is 3.01. The molecule has 2 aromatic rings. The van der Waals surface area contributed by atoms with Crippen LogP contribution in [-0.4, -0.2) is 37.3 Å². The Bertz CT molecular complexity index is 703. The first kappa shape index (κ1) is 16.5. The summed E-state index contributed by atoms with van der Waals surface area (Å²) < 4.78 is 10.9. The lowest BCUT2D eigenvalue weighted by molar-refractivity contribution is 0.0922. The molecule has 1 aromatic carbocycles. The molecule has 1 N–H and O–H groups in total. The van der Waals surface area contributed by atoms with Crippen LogP contribution in [-0.2, 0) is 11.2 Å². The van der Waals surface area contributed by atoms with E-state index < -0.39 is 0 Å². The highest BCUT2D eigenvalue weighted by atomic mass is 16.5. The maximum absolute atomic E-state index is 12.6. The van der Waals surface area contributed by atoms with Gasteiger partial charge in [-0.25, -0.2) is 0 Å². The third kappa shape index (κ3) is 3.74. The van der Waals surface area contributed by atoms with Gasteiger partial charge in [-0.1, -0.05) is 6.07 Å². The Morgan fingerprint density at radius 1 is 1.29 bits per heavy atom. The van der Waals surface area contributed by atoms with Gasteiger partial charge in [0.1, 0.15) is 5.75 Å². The predicted octanol–water partition coefficient (Wildman–Crippen LogP) is 2.39. The molecule has 5 nitrogen and oxygen atoms in total. The molecule has 0 unspecified atom stereocenters. The monoisotopic (exact) mass is 326 g/mol. The average molecular weight is 326 g/mol. The first-order chi connectivity index (χ1) is 11.7. The van der Waals surface area contributed by atoms with E-state index in [-0.39, 0.29) is 17.9 Å². The minimum atomic E-state index is -0.123. The van der Waals surface area contributed by atoms with Crippen molar-refractivity contribution in [2.45, 2.75) is 19.4 Å². The van der Waals surface area contributed by atoms with Crippen LogP contribution in [0.25, 0.3) is 0 Å². The molecule has 126 valence electrons. The van der Waals surface area contributed by atoms with Crippen molar-refractivity contribution < 1.29 is 14.3 Å². The van der Waals surface area contributed by atoms with E-state index in [1.54, 1.807) is 25.6 Å². The number of benzene rings is 1. The van der Waals surface area contributed by atoms with Gasteiger partial charge < -0.3 is 14.8 Å². The van der Waals surface area contributed by atoms with Crippen LogP contribution in [0, 0.1) is 12.8 Å². The molecule has 3 rings (SSSR count). The molecular formula is C19H22N2O3. The number of ether oxygens (including phenoxy) is 2. The molecule has 1 aliphatic rings. The summed E-state index contributed by atoms with van der Waals surface area (Å²) in [7, 11) is 1.58. The molecule has 1 saturated heterocycles. The number of pyridine rings is 1. The van der Waals surface area contributed by atoms with E-state index in [0.29, 0.717) is 24.5 Å². The Labute approximate surface area is 142 Å². The lowest BCUT2D eigenvalue weighted by Gasteiger charge is -2.20. The Morgan fingerprint density at radius 3 is 2.83 bits per heavy atom. The first-order valence-electron chi connectivity index (χ1n) is 8.09. The van der Waals surface area contributed by atoms with Crippen LogP contribution in [0.15, 0.2) is 42.7 Å². The van der Waals surface area contributed by atoms with Crippen molar-refractivity contribution in [1.82, 2.24) is 10.3 Å². The van der Waals surface area contributed by atoms with Gasteiger partial charge in [-0.15, -0.1) is 0 Å². The number of rotatable bonds is 5. The number of carbonyl (C=O) groups is 1. The van der Waals surface area contributed by atoms with Crippen molar-refractivity contribution in [2.24, 2.45) is 5.92 Å². The molecule has 24 heavy (non-hydrogen) atoms. The summed E-state index contributed by atoms with van der Waals surface area (Å²) in [5, 5.41) is 3.10. The van der Waals surface area contributed by atoms with Gasteiger partial charge in [-0.3, -0.25) is 9.78 Å². The summed E-state index contributed by atoms with van der Waals surface area (Å²) >= 11 is 0. The first-order valence-corrected chi connectivity index (χ1v) is 8.09. The molecule has 0 spiro atoms. The van der Waals surface area contributed by atoms with E-state index in [2.05, 4.69) is 10.3 Å². The third-order valence-corrected chi connectivity index (χ3v) is 4.36. The molecule has 1 aromatic heterocycles. The number of hydrogen-bond donors (Lipinski definition) is 1. The summed E-state index contributed by atoms with van der Waals surface area (Å²) in [6, 6.07) is 9.58. The molecule has 2 heterocycles. The zero-order valence-electron chi connectivity index (χ0n) is 14.0. The zero-order valence-corrected chi connectivity index (χ0v) is 14.0. The zero-order chi connectivity index (χ0) is 16.9. The van der Waals surface area contributed by atoms with Gasteiger partial charge >= 0.3 is 0 Å². The highest BCUT2D eigenvalue weighted by Gasteiger charge is 2.30. The third-order valence-electron chi connectivity index (χ3n) is 4.36. The van der Waals surface area contributed by atoms with Crippen LogP contribution in [0.5, 0.6) is 5.75 Å². The van der Waals surface area contributed by atoms with Crippen molar-refractivity contribution in [3.05, 3.63) is 59.4 Å². The van der Waals surface area contributed by atoms with Crippen molar-refractivity contribution in [3.8, 4) is 5.75 Å². The summed E-state index contributed by atoms with van der Waals surface area (Å²) in [6.07, 6.45) is 4.43. The van der Waals surface area contributed by atoms with E-state index in [4.69, 9.17) is 9.47 Å². The van der Waals surface area contributed by atoms with Gasteiger partial charge in [-0.2, -0.15) is 0 Å². The van der Waals surface area contributed by atoms with Gasteiger partial charge in [0, 0.05) is 18.3 Å². The predicted molar refractivity (Wildman–Crippen MR) is 91.2 cm³/mol. The number of aromatic nitrogens is 1. The smallest absolute Gasteiger partial charge is 0.255 e. The van der Waals surface area contributed by atoms with Crippen LogP contribution in [0.3, 0.4) is 0 Å². The minimum absolute atomic E-state index is 0.00308. The number of methoxy groups -OCH3 is 1. The van der Waals surface area contributed by atoms with Crippen molar-refractivity contribution in [1.29, 1.82) is 0 Å². The quantitative estimate of drug-likeness (QED) is 0.916. The minimum Gasteiger partial charge on any atom is -0.496 e. The van der Waals surface area contributed by atoms with Crippen LogP contribution < -0.4 is 10.1 Å². The van der Waals surface area contributed by atoms with Crippen molar-refractivity contribution >= 4 is 5.91 Å². The van der Waals surface area contributed by atoms with Gasteiger partial charge in [0.25, 0.3) is 5.91 Å². The molecule has 0 aliphatic carbocycles. The van der Waals surface area contributed by atoms with E-state index in [9.17, 15) is 4.79 Å². The molecule has 0 bridgehead atoms. The molecule has 0 radical (unpaired) electrons. The largest absolute Gasteiger partial charge is 0.496 e. The standard InChI is InChI=1S/C19H22N2O3/c1-13-3-4-16(18(9-13)23-2)19(22)21-17-12-24-11-15(17)10-14-5-7-20-8-6-14/h3-9,15,17H,10-12H2,1-2H3,(H,21,22)/t15-,17+/m1/s1. The van der Waals surface area contributed by atoms with Gasteiger partial charge in [-0.05, 0) is 48.7 Å². The lowest BCUT2D eigenvalue weighted by Crippen LogP contribution is -2.40. The second-order valence-electron chi connectivity index (χ2n) is 6.14. The maximum Gasteiger partial charge on any atom is 0.255 e. The maximum atomic E-state index is 12.6. The fraction of sp³-hybridized carbons (Fsp3) is 0.368. The molecular weight excluding hydrogens is 304 g/mol. The Morgan fingerprint density at radius 2 is 2.08 bits per heavy atom.